The van der Waals surface area contributed by atoms with E-state index < -0.39 is 18.0 Å². The first-order chi connectivity index (χ1) is 8.06. The van der Waals surface area contributed by atoms with Crippen molar-refractivity contribution in [1.82, 2.24) is 10.9 Å². The zero-order valence-corrected chi connectivity index (χ0v) is 8.85. The SMILES string of the molecule is COC(=O)NNC(=O)c1ccccc1C(=O)[O-]. The van der Waals surface area contributed by atoms with Crippen LogP contribution in [0.4, 0.5) is 4.79 Å². The van der Waals surface area contributed by atoms with Crippen LogP contribution in [-0.2, 0) is 4.74 Å². The molecule has 0 spiro atoms. The highest BCUT2D eigenvalue weighted by Gasteiger charge is 2.11. The number of hydrazine groups is 1. The summed E-state index contributed by atoms with van der Waals surface area (Å²) in [4.78, 5) is 32.9. The van der Waals surface area contributed by atoms with E-state index in [1.165, 1.54) is 24.3 Å². The second kappa shape index (κ2) is 5.50. The average Bonchev–Trinajstić information content (AvgIpc) is 2.35. The topological polar surface area (TPSA) is 108 Å². The van der Waals surface area contributed by atoms with Crippen LogP contribution in [0.2, 0.25) is 0 Å². The molecule has 0 unspecified atom stereocenters. The molecule has 1 rings (SSSR count). The number of amides is 2. The van der Waals surface area contributed by atoms with E-state index in [0.717, 1.165) is 7.11 Å². The van der Waals surface area contributed by atoms with Gasteiger partial charge in [-0.2, -0.15) is 0 Å². The Labute approximate surface area is 96.4 Å². The lowest BCUT2D eigenvalue weighted by Crippen LogP contribution is -2.42. The quantitative estimate of drug-likeness (QED) is 0.645. The third kappa shape index (κ3) is 3.20. The highest BCUT2D eigenvalue weighted by Crippen LogP contribution is 2.06. The van der Waals surface area contributed by atoms with Crippen molar-refractivity contribution in [2.24, 2.45) is 0 Å². The molecule has 0 saturated heterocycles. The van der Waals surface area contributed by atoms with Gasteiger partial charge in [0, 0.05) is 5.56 Å². The van der Waals surface area contributed by atoms with Gasteiger partial charge in [0.2, 0.25) is 0 Å². The number of nitrogens with one attached hydrogen (secondary N) is 2. The summed E-state index contributed by atoms with van der Waals surface area (Å²) < 4.78 is 4.22. The minimum absolute atomic E-state index is 0.121. The summed E-state index contributed by atoms with van der Waals surface area (Å²) in [5.74, 6) is -2.26. The lowest BCUT2D eigenvalue weighted by atomic mass is 10.1. The molecule has 0 heterocycles. The fraction of sp³-hybridized carbons (Fsp3) is 0.100. The molecule has 90 valence electrons. The summed E-state index contributed by atoms with van der Waals surface area (Å²) >= 11 is 0. The molecule has 7 nitrogen and oxygen atoms in total. The second-order valence-electron chi connectivity index (χ2n) is 2.90. The molecule has 0 atom stereocenters. The van der Waals surface area contributed by atoms with Gasteiger partial charge in [0.05, 0.1) is 18.6 Å². The van der Waals surface area contributed by atoms with Gasteiger partial charge in [0.25, 0.3) is 5.91 Å². The van der Waals surface area contributed by atoms with Crippen molar-refractivity contribution in [2.45, 2.75) is 0 Å². The second-order valence-corrected chi connectivity index (χ2v) is 2.90. The zero-order valence-electron chi connectivity index (χ0n) is 8.85. The van der Waals surface area contributed by atoms with E-state index in [1.54, 1.807) is 0 Å². The van der Waals surface area contributed by atoms with Crippen LogP contribution in [0.3, 0.4) is 0 Å². The Bertz CT molecular complexity index is 458. The number of methoxy groups -OCH3 is 1. The maximum absolute atomic E-state index is 11.5. The number of carbonyl (C=O) groups excluding carboxylic acids is 3. The molecule has 0 aliphatic carbocycles. The molecule has 0 aliphatic rings. The molecule has 0 aromatic heterocycles. The van der Waals surface area contributed by atoms with Crippen molar-refractivity contribution in [3.05, 3.63) is 35.4 Å². The Morgan fingerprint density at radius 3 is 2.24 bits per heavy atom. The number of benzene rings is 1. The van der Waals surface area contributed by atoms with Crippen molar-refractivity contribution < 1.29 is 24.2 Å². The molecule has 0 radical (unpaired) electrons. The van der Waals surface area contributed by atoms with Crippen LogP contribution in [0.25, 0.3) is 0 Å². The van der Waals surface area contributed by atoms with E-state index in [1.807, 2.05) is 10.9 Å². The highest BCUT2D eigenvalue weighted by atomic mass is 16.5. The van der Waals surface area contributed by atoms with E-state index in [2.05, 4.69) is 4.74 Å². The maximum atomic E-state index is 11.5. The van der Waals surface area contributed by atoms with Gasteiger partial charge in [-0.1, -0.05) is 18.2 Å². The number of carbonyl (C=O) groups is 3. The fourth-order valence-corrected chi connectivity index (χ4v) is 1.09. The van der Waals surface area contributed by atoms with Gasteiger partial charge in [0.1, 0.15) is 0 Å². The Kier molecular flexibility index (Phi) is 4.04. The first-order valence-corrected chi connectivity index (χ1v) is 4.51. The summed E-state index contributed by atoms with van der Waals surface area (Å²) in [5, 5.41) is 10.7. The van der Waals surface area contributed by atoms with Crippen molar-refractivity contribution in [1.29, 1.82) is 0 Å². The molecule has 2 N–H and O–H groups in total. The van der Waals surface area contributed by atoms with Gasteiger partial charge < -0.3 is 14.6 Å². The zero-order chi connectivity index (χ0) is 12.8. The number of rotatable bonds is 2. The maximum Gasteiger partial charge on any atom is 0.425 e. The minimum Gasteiger partial charge on any atom is -0.545 e. The van der Waals surface area contributed by atoms with E-state index >= 15 is 0 Å². The predicted molar refractivity (Wildman–Crippen MR) is 53.8 cm³/mol. The van der Waals surface area contributed by atoms with Crippen LogP contribution < -0.4 is 16.0 Å². The molecule has 0 saturated carbocycles. The van der Waals surface area contributed by atoms with Crippen LogP contribution in [0.15, 0.2) is 24.3 Å². The Balaban J connectivity index is 2.82. The number of carboxylic acid groups (broad SMARTS) is 1. The molecule has 1 aromatic carbocycles. The molecule has 0 aliphatic heterocycles. The predicted octanol–water partition coefficient (Wildman–Crippen LogP) is -0.949. The summed E-state index contributed by atoms with van der Waals surface area (Å²) in [6.45, 7) is 0. The number of ether oxygens (including phenoxy) is 1. The van der Waals surface area contributed by atoms with E-state index in [9.17, 15) is 19.5 Å². The lowest BCUT2D eigenvalue weighted by Gasteiger charge is -2.10. The van der Waals surface area contributed by atoms with Crippen LogP contribution in [-0.4, -0.2) is 25.1 Å². The smallest absolute Gasteiger partial charge is 0.425 e. The molecule has 2 amide bonds. The standard InChI is InChI=1S/C10H10N2O5/c1-17-10(16)12-11-8(13)6-4-2-3-5-7(6)9(14)15/h2-5H,1H3,(H,11,13)(H,12,16)(H,14,15)/p-1. The average molecular weight is 237 g/mol. The Morgan fingerprint density at radius 2 is 1.71 bits per heavy atom. The summed E-state index contributed by atoms with van der Waals surface area (Å²) in [7, 11) is 1.12. The van der Waals surface area contributed by atoms with Gasteiger partial charge in [-0.25, -0.2) is 10.2 Å². The van der Waals surface area contributed by atoms with Crippen molar-refractivity contribution in [2.75, 3.05) is 7.11 Å². The highest BCUT2D eigenvalue weighted by molar-refractivity contribution is 6.04. The number of carboxylic acids is 1. The van der Waals surface area contributed by atoms with Gasteiger partial charge in [-0.05, 0) is 6.07 Å². The minimum atomic E-state index is -1.48. The summed E-state index contributed by atoms with van der Waals surface area (Å²) in [6, 6.07) is 5.46. The van der Waals surface area contributed by atoms with Crippen molar-refractivity contribution >= 4 is 18.0 Å². The third-order valence-electron chi connectivity index (χ3n) is 1.86. The van der Waals surface area contributed by atoms with E-state index in [-0.39, 0.29) is 11.1 Å². The summed E-state index contributed by atoms with van der Waals surface area (Å²) in [5.41, 5.74) is 3.52. The van der Waals surface area contributed by atoms with E-state index in [4.69, 9.17) is 0 Å². The van der Waals surface area contributed by atoms with Crippen LogP contribution in [0.1, 0.15) is 20.7 Å². The number of hydrogen-bond donors (Lipinski definition) is 2. The molecule has 17 heavy (non-hydrogen) atoms. The lowest BCUT2D eigenvalue weighted by molar-refractivity contribution is -0.255. The van der Waals surface area contributed by atoms with Crippen LogP contribution >= 0.6 is 0 Å². The number of hydrogen-bond acceptors (Lipinski definition) is 5. The number of aromatic carboxylic acids is 1. The molecule has 7 heteroatoms. The molecular formula is C10H9N2O5-. The molecular weight excluding hydrogens is 228 g/mol. The van der Waals surface area contributed by atoms with Gasteiger partial charge >= 0.3 is 6.09 Å². The fourth-order valence-electron chi connectivity index (χ4n) is 1.09. The monoisotopic (exact) mass is 237 g/mol. The van der Waals surface area contributed by atoms with Crippen molar-refractivity contribution in [3.8, 4) is 0 Å². The Morgan fingerprint density at radius 1 is 1.12 bits per heavy atom. The molecule has 0 bridgehead atoms. The van der Waals surface area contributed by atoms with Crippen LogP contribution in [0, 0.1) is 0 Å². The Hall–Kier alpha value is -2.57. The first kappa shape index (κ1) is 12.5. The molecule has 1 aromatic rings. The van der Waals surface area contributed by atoms with Crippen molar-refractivity contribution in [3.63, 3.8) is 0 Å². The van der Waals surface area contributed by atoms with Crippen LogP contribution in [0.5, 0.6) is 0 Å². The first-order valence-electron chi connectivity index (χ1n) is 4.51. The van der Waals surface area contributed by atoms with Gasteiger partial charge in [0.15, 0.2) is 0 Å². The van der Waals surface area contributed by atoms with E-state index in [0.29, 0.717) is 0 Å². The largest absolute Gasteiger partial charge is 0.545 e. The van der Waals surface area contributed by atoms with Gasteiger partial charge in [-0.15, -0.1) is 0 Å². The molecule has 0 fully saturated rings. The summed E-state index contributed by atoms with van der Waals surface area (Å²) in [6.07, 6.45) is -0.871. The normalized spacial score (nSPS) is 9.24. The third-order valence-corrected chi connectivity index (χ3v) is 1.86. The van der Waals surface area contributed by atoms with Gasteiger partial charge in [-0.3, -0.25) is 10.2 Å².